The molecule has 0 spiro atoms. The molecule has 0 aliphatic heterocycles. The quantitative estimate of drug-likeness (QED) is 0.147. The molecule has 0 saturated heterocycles. The Balaban J connectivity index is 1.28. The van der Waals surface area contributed by atoms with Crippen LogP contribution in [0.1, 0.15) is 16.7 Å². The third kappa shape index (κ3) is 5.80. The summed E-state index contributed by atoms with van der Waals surface area (Å²) >= 11 is 0. The van der Waals surface area contributed by atoms with Crippen LogP contribution in [0.3, 0.4) is 0 Å². The van der Waals surface area contributed by atoms with Crippen molar-refractivity contribution >= 4 is 66.8 Å². The second-order valence-corrected chi connectivity index (χ2v) is 13.1. The van der Waals surface area contributed by atoms with Crippen LogP contribution in [-0.4, -0.2) is 0 Å². The lowest BCUT2D eigenvalue weighted by molar-refractivity contribution is 0.605. The predicted octanol–water partition coefficient (Wildman–Crippen LogP) is 15.2. The molecule has 0 radical (unpaired) electrons. The van der Waals surface area contributed by atoms with Gasteiger partial charge >= 0.3 is 0 Å². The van der Waals surface area contributed by atoms with Crippen molar-refractivity contribution < 1.29 is 19.8 Å². The van der Waals surface area contributed by atoms with Gasteiger partial charge in [0.15, 0.2) is 0 Å². The summed E-state index contributed by atoms with van der Waals surface area (Å²) in [7, 11) is 0. The summed E-state index contributed by atoms with van der Waals surface area (Å²) < 4.78 is 89.1. The Morgan fingerprint density at radius 1 is 0.509 bits per heavy atom. The molecule has 10 aromatic rings. The third-order valence-electron chi connectivity index (χ3n) is 9.76. The second kappa shape index (κ2) is 13.6. The first-order valence-electron chi connectivity index (χ1n) is 21.9. The first-order chi connectivity index (χ1) is 30.6. The first-order valence-corrected chi connectivity index (χ1v) is 17.9. The van der Waals surface area contributed by atoms with E-state index >= 15 is 0 Å². The zero-order valence-corrected chi connectivity index (χ0v) is 29.4. The number of allylic oxidation sites excluding steroid dienone is 2. The highest BCUT2D eigenvalue weighted by atomic mass is 16.3. The number of para-hydroxylation sites is 2. The minimum Gasteiger partial charge on any atom is -0.456 e. The molecule has 0 aliphatic rings. The summed E-state index contributed by atoms with van der Waals surface area (Å²) in [5, 5.41) is 4.36. The van der Waals surface area contributed by atoms with Gasteiger partial charge in [-0.2, -0.15) is 0 Å². The van der Waals surface area contributed by atoms with Crippen LogP contribution in [0, 0.1) is 0 Å². The van der Waals surface area contributed by atoms with Crippen LogP contribution in [0.15, 0.2) is 209 Å². The fourth-order valence-corrected chi connectivity index (χ4v) is 7.23. The highest BCUT2D eigenvalue weighted by Crippen LogP contribution is 2.46. The normalized spacial score (nSPS) is 13.7. The first kappa shape index (κ1) is 24.8. The molecule has 260 valence electrons. The van der Waals surface area contributed by atoms with Crippen LogP contribution < -0.4 is 4.90 Å². The Morgan fingerprint density at radius 2 is 1.15 bits per heavy atom. The van der Waals surface area contributed by atoms with Gasteiger partial charge in [-0.05, 0) is 93.6 Å². The van der Waals surface area contributed by atoms with E-state index in [1.165, 1.54) is 4.90 Å². The lowest BCUT2D eigenvalue weighted by atomic mass is 9.96. The van der Waals surface area contributed by atoms with Crippen molar-refractivity contribution in [3.8, 4) is 33.4 Å². The Morgan fingerprint density at radius 3 is 1.93 bits per heavy atom. The van der Waals surface area contributed by atoms with Crippen LogP contribution in [0.2, 0.25) is 0 Å². The Bertz CT molecular complexity index is 3480. The van der Waals surface area contributed by atoms with Gasteiger partial charge in [-0.15, -0.1) is 0 Å². The molecule has 10 rings (SSSR count). The summed E-state index contributed by atoms with van der Waals surface area (Å²) in [5.74, 6) is 0.517. The van der Waals surface area contributed by atoms with E-state index in [2.05, 4.69) is 12.6 Å². The molecule has 2 heterocycles. The largest absolute Gasteiger partial charge is 0.456 e. The molecule has 0 atom stereocenters. The van der Waals surface area contributed by atoms with Gasteiger partial charge in [-0.1, -0.05) is 146 Å². The van der Waals surface area contributed by atoms with Crippen LogP contribution in [-0.2, 0) is 0 Å². The topological polar surface area (TPSA) is 29.5 Å². The number of anilines is 3. The van der Waals surface area contributed by atoms with Crippen molar-refractivity contribution in [3.05, 3.63) is 206 Å². The molecule has 2 aromatic heterocycles. The number of rotatable bonds is 8. The average Bonchev–Trinajstić information content (AvgIpc) is 3.90. The molecule has 0 saturated carbocycles. The molecule has 0 fully saturated rings. The summed E-state index contributed by atoms with van der Waals surface area (Å²) in [6.07, 6.45) is 5.08. The number of furan rings is 2. The van der Waals surface area contributed by atoms with Gasteiger partial charge in [0.1, 0.15) is 22.5 Å². The van der Waals surface area contributed by atoms with Crippen molar-refractivity contribution in [2.45, 2.75) is 0 Å². The lowest BCUT2D eigenvalue weighted by Crippen LogP contribution is -2.11. The molecule has 0 unspecified atom stereocenters. The zero-order valence-electron chi connectivity index (χ0n) is 37.4. The highest BCUT2D eigenvalue weighted by Gasteiger charge is 2.21. The average molecular weight is 714 g/mol. The molecule has 0 aliphatic carbocycles. The van der Waals surface area contributed by atoms with Gasteiger partial charge in [-0.25, -0.2) is 0 Å². The van der Waals surface area contributed by atoms with Crippen LogP contribution >= 0.6 is 0 Å². The monoisotopic (exact) mass is 713 g/mol. The summed E-state index contributed by atoms with van der Waals surface area (Å²) in [6, 6.07) is 37.6. The summed E-state index contributed by atoms with van der Waals surface area (Å²) in [4.78, 5) is 1.36. The van der Waals surface area contributed by atoms with E-state index in [-0.39, 0.29) is 46.7 Å². The van der Waals surface area contributed by atoms with E-state index < -0.39 is 24.2 Å². The summed E-state index contributed by atoms with van der Waals surface area (Å²) in [6.45, 7) is 3.73. The van der Waals surface area contributed by atoms with Crippen LogP contribution in [0.25, 0.3) is 83.1 Å². The van der Waals surface area contributed by atoms with E-state index in [0.29, 0.717) is 55.8 Å². The predicted molar refractivity (Wildman–Crippen MR) is 231 cm³/mol. The summed E-state index contributed by atoms with van der Waals surface area (Å²) in [5.41, 5.74) is 3.66. The molecule has 0 N–H and O–H groups in total. The maximum atomic E-state index is 9.73. The van der Waals surface area contributed by atoms with Gasteiger partial charge in [0.25, 0.3) is 0 Å². The standard InChI is InChI=1S/C52H35NO2/c1-2-3-18-43-32-40-17-11-20-44(52(40)54-43)37-26-30-42(31-27-37)53(41-28-24-36(25-29-41)35-13-5-4-6-14-35)48-22-10-9-19-45(48)46-21-12-23-49-51(46)47-33-38-15-7-8-16-39(38)34-50(47)55-49/h2-34H,1H2/b18-3-/i24D,25D,26D,27D,28D,29D,30D,31D. The van der Waals surface area contributed by atoms with Gasteiger partial charge in [-0.3, -0.25) is 0 Å². The van der Waals surface area contributed by atoms with Crippen molar-refractivity contribution in [1.29, 1.82) is 0 Å². The van der Waals surface area contributed by atoms with E-state index in [1.54, 1.807) is 72.8 Å². The van der Waals surface area contributed by atoms with E-state index in [4.69, 9.17) is 8.83 Å². The van der Waals surface area contributed by atoms with Gasteiger partial charge < -0.3 is 13.7 Å². The SMILES string of the molecule is [2H]c1c([2H])c(N(c2ccccc2-c2cccc3oc4cc5ccccc5cc4c23)c2c([2H])c([2H])c(-c3cccc4cc(/C=C\C=C)oc34)c([2H])c2[2H])c([2H])c([2H])c1-c1ccccc1. The number of fused-ring (bicyclic) bond motifs is 5. The lowest BCUT2D eigenvalue weighted by Gasteiger charge is -2.28. The van der Waals surface area contributed by atoms with Crippen LogP contribution in [0.5, 0.6) is 0 Å². The number of hydrogen-bond acceptors (Lipinski definition) is 3. The number of hydrogen-bond donors (Lipinski definition) is 0. The van der Waals surface area contributed by atoms with E-state index in [1.807, 2.05) is 72.8 Å². The Labute approximate surface area is 330 Å². The third-order valence-corrected chi connectivity index (χ3v) is 9.76. The van der Waals surface area contributed by atoms with Gasteiger partial charge in [0.2, 0.25) is 0 Å². The number of nitrogens with zero attached hydrogens (tertiary/aromatic N) is 1. The Kier molecular flexibility index (Phi) is 6.12. The van der Waals surface area contributed by atoms with Crippen molar-refractivity contribution in [2.75, 3.05) is 4.90 Å². The molecular formula is C52H35NO2. The fraction of sp³-hybridized carbons (Fsp3) is 0. The van der Waals surface area contributed by atoms with E-state index in [0.717, 1.165) is 21.5 Å². The maximum Gasteiger partial charge on any atom is 0.142 e. The molecule has 0 amide bonds. The van der Waals surface area contributed by atoms with Crippen molar-refractivity contribution in [3.63, 3.8) is 0 Å². The molecule has 55 heavy (non-hydrogen) atoms. The van der Waals surface area contributed by atoms with Crippen molar-refractivity contribution in [1.82, 2.24) is 0 Å². The smallest absolute Gasteiger partial charge is 0.142 e. The molecule has 3 heteroatoms. The minimum absolute atomic E-state index is 0.00188. The number of benzene rings is 8. The molecular weight excluding hydrogens is 671 g/mol. The Hall–Kier alpha value is -7.36. The fourth-order valence-electron chi connectivity index (χ4n) is 7.23. The minimum atomic E-state index is -0.460. The molecule has 3 nitrogen and oxygen atoms in total. The maximum absolute atomic E-state index is 9.73. The highest BCUT2D eigenvalue weighted by molar-refractivity contribution is 6.16. The molecule has 0 bridgehead atoms. The van der Waals surface area contributed by atoms with Crippen LogP contribution in [0.4, 0.5) is 17.1 Å². The van der Waals surface area contributed by atoms with Gasteiger partial charge in [0, 0.05) is 38.7 Å². The second-order valence-electron chi connectivity index (χ2n) is 13.1. The zero-order chi connectivity index (χ0) is 43.7. The molecule has 8 aromatic carbocycles. The van der Waals surface area contributed by atoms with E-state index in [9.17, 15) is 11.0 Å². The van der Waals surface area contributed by atoms with Crippen molar-refractivity contribution in [2.24, 2.45) is 0 Å². The van der Waals surface area contributed by atoms with Gasteiger partial charge in [0.05, 0.1) is 16.7 Å².